The number of carbonyl (C=O) groups is 2. The van der Waals surface area contributed by atoms with Crippen molar-refractivity contribution in [3.8, 4) is 5.75 Å². The average Bonchev–Trinajstić information content (AvgIpc) is 3.37. The van der Waals surface area contributed by atoms with Gasteiger partial charge >= 0.3 is 0 Å². The topological polar surface area (TPSA) is 58.6 Å². The molecule has 1 aliphatic heterocycles. The lowest BCUT2D eigenvalue weighted by Crippen LogP contribution is -2.46. The molecule has 1 unspecified atom stereocenters. The first-order chi connectivity index (χ1) is 13.0. The van der Waals surface area contributed by atoms with Gasteiger partial charge in [-0.2, -0.15) is 0 Å². The summed E-state index contributed by atoms with van der Waals surface area (Å²) in [6.07, 6.45) is 3.68. The van der Waals surface area contributed by atoms with Crippen molar-refractivity contribution >= 4 is 33.2 Å². The SMILES string of the molecule is CC(C)Oc1cc(C(=O)N(C(=O)C2CCCNC2)C2CC2)cc2sccc12. The van der Waals surface area contributed by atoms with Crippen LogP contribution in [-0.2, 0) is 4.79 Å². The third-order valence-electron chi connectivity index (χ3n) is 5.16. The van der Waals surface area contributed by atoms with Crippen molar-refractivity contribution in [3.63, 3.8) is 0 Å². The number of imide groups is 1. The highest BCUT2D eigenvalue weighted by Gasteiger charge is 2.40. The molecule has 2 amide bonds. The first-order valence-electron chi connectivity index (χ1n) is 9.80. The van der Waals surface area contributed by atoms with Gasteiger partial charge in [-0.15, -0.1) is 11.3 Å². The number of carbonyl (C=O) groups excluding carboxylic acids is 2. The number of amides is 2. The van der Waals surface area contributed by atoms with Crippen molar-refractivity contribution in [1.29, 1.82) is 0 Å². The zero-order valence-electron chi connectivity index (χ0n) is 15.9. The molecule has 144 valence electrons. The van der Waals surface area contributed by atoms with E-state index in [1.54, 1.807) is 17.4 Å². The third kappa shape index (κ3) is 3.87. The number of ether oxygens (including phenoxy) is 1. The summed E-state index contributed by atoms with van der Waals surface area (Å²) in [4.78, 5) is 28.0. The van der Waals surface area contributed by atoms with Crippen LogP contribution in [0.2, 0.25) is 0 Å². The molecule has 1 N–H and O–H groups in total. The fourth-order valence-electron chi connectivity index (χ4n) is 3.69. The molecule has 2 heterocycles. The van der Waals surface area contributed by atoms with Crippen molar-refractivity contribution < 1.29 is 14.3 Å². The molecule has 0 bridgehead atoms. The Bertz CT molecular complexity index is 850. The van der Waals surface area contributed by atoms with Gasteiger partial charge in [-0.25, -0.2) is 0 Å². The molecular weight excluding hydrogens is 360 g/mol. The maximum atomic E-state index is 13.3. The van der Waals surface area contributed by atoms with E-state index < -0.39 is 0 Å². The van der Waals surface area contributed by atoms with Crippen LogP contribution in [-0.4, -0.2) is 41.9 Å². The summed E-state index contributed by atoms with van der Waals surface area (Å²) < 4.78 is 6.96. The molecule has 2 aliphatic rings. The predicted molar refractivity (Wildman–Crippen MR) is 107 cm³/mol. The summed E-state index contributed by atoms with van der Waals surface area (Å²) in [6.45, 7) is 5.57. The maximum absolute atomic E-state index is 13.3. The van der Waals surface area contributed by atoms with E-state index in [2.05, 4.69) is 5.32 Å². The normalized spacial score (nSPS) is 20.0. The monoisotopic (exact) mass is 386 g/mol. The van der Waals surface area contributed by atoms with Crippen molar-refractivity contribution in [2.45, 2.75) is 51.7 Å². The Morgan fingerprint density at radius 1 is 1.26 bits per heavy atom. The standard InChI is InChI=1S/C21H26N2O3S/c1-13(2)26-18-10-15(11-19-17(18)7-9-27-19)21(25)23(16-5-6-16)20(24)14-4-3-8-22-12-14/h7,9-11,13-14,16,22H,3-6,8,12H2,1-2H3. The molecule has 0 radical (unpaired) electrons. The van der Waals surface area contributed by atoms with Crippen molar-refractivity contribution in [2.24, 2.45) is 5.92 Å². The number of rotatable bonds is 5. The van der Waals surface area contributed by atoms with E-state index in [-0.39, 0.29) is 29.9 Å². The second-order valence-corrected chi connectivity index (χ2v) is 8.71. The number of fused-ring (bicyclic) bond motifs is 1. The smallest absolute Gasteiger partial charge is 0.260 e. The Morgan fingerprint density at radius 3 is 2.74 bits per heavy atom. The highest BCUT2D eigenvalue weighted by Crippen LogP contribution is 2.35. The van der Waals surface area contributed by atoms with Crippen LogP contribution in [0.3, 0.4) is 0 Å². The fraction of sp³-hybridized carbons (Fsp3) is 0.524. The number of hydrogen-bond acceptors (Lipinski definition) is 5. The molecule has 0 spiro atoms. The van der Waals surface area contributed by atoms with E-state index >= 15 is 0 Å². The molecule has 2 fully saturated rings. The van der Waals surface area contributed by atoms with Crippen molar-refractivity contribution in [1.82, 2.24) is 10.2 Å². The minimum atomic E-state index is -0.183. The maximum Gasteiger partial charge on any atom is 0.260 e. The van der Waals surface area contributed by atoms with Gasteiger partial charge in [0.25, 0.3) is 5.91 Å². The van der Waals surface area contributed by atoms with Crippen LogP contribution in [0.4, 0.5) is 0 Å². The molecule has 27 heavy (non-hydrogen) atoms. The zero-order valence-corrected chi connectivity index (χ0v) is 16.7. The first kappa shape index (κ1) is 18.4. The molecule has 1 saturated heterocycles. The lowest BCUT2D eigenvalue weighted by Gasteiger charge is -2.28. The van der Waals surface area contributed by atoms with Gasteiger partial charge in [0.05, 0.1) is 12.0 Å². The molecule has 1 aliphatic carbocycles. The summed E-state index contributed by atoms with van der Waals surface area (Å²) >= 11 is 1.59. The number of nitrogens with one attached hydrogen (secondary N) is 1. The van der Waals surface area contributed by atoms with Crippen LogP contribution in [0.15, 0.2) is 23.6 Å². The summed E-state index contributed by atoms with van der Waals surface area (Å²) in [6, 6.07) is 5.78. The van der Waals surface area contributed by atoms with Crippen LogP contribution in [0.25, 0.3) is 10.1 Å². The Hall–Kier alpha value is -1.92. The minimum absolute atomic E-state index is 0.0210. The van der Waals surface area contributed by atoms with Gasteiger partial charge in [-0.05, 0) is 69.7 Å². The molecule has 2 aromatic rings. The predicted octanol–water partition coefficient (Wildman–Crippen LogP) is 3.82. The Balaban J connectivity index is 1.66. The Kier molecular flexibility index (Phi) is 5.19. The van der Waals surface area contributed by atoms with Gasteiger partial charge in [-0.1, -0.05) is 0 Å². The third-order valence-corrected chi connectivity index (χ3v) is 6.02. The van der Waals surface area contributed by atoms with E-state index in [4.69, 9.17) is 4.74 Å². The van der Waals surface area contributed by atoms with Gasteiger partial charge in [0.1, 0.15) is 5.75 Å². The lowest BCUT2D eigenvalue weighted by atomic mass is 9.97. The highest BCUT2D eigenvalue weighted by atomic mass is 32.1. The van der Waals surface area contributed by atoms with Crippen molar-refractivity contribution in [2.75, 3.05) is 13.1 Å². The fourth-order valence-corrected chi connectivity index (χ4v) is 4.53. The van der Waals surface area contributed by atoms with Gasteiger partial charge in [-0.3, -0.25) is 14.5 Å². The van der Waals surface area contributed by atoms with E-state index in [9.17, 15) is 9.59 Å². The molecule has 4 rings (SSSR count). The first-order valence-corrected chi connectivity index (χ1v) is 10.7. The summed E-state index contributed by atoms with van der Waals surface area (Å²) in [7, 11) is 0. The number of piperidine rings is 1. The largest absolute Gasteiger partial charge is 0.490 e. The Morgan fingerprint density at radius 2 is 2.07 bits per heavy atom. The summed E-state index contributed by atoms with van der Waals surface area (Å²) in [5, 5.41) is 6.31. The van der Waals surface area contributed by atoms with Crippen molar-refractivity contribution in [3.05, 3.63) is 29.1 Å². The van der Waals surface area contributed by atoms with Crippen LogP contribution in [0.1, 0.15) is 49.9 Å². The van der Waals surface area contributed by atoms with E-state index in [1.807, 2.05) is 31.4 Å². The average molecular weight is 387 g/mol. The molecule has 6 heteroatoms. The zero-order chi connectivity index (χ0) is 19.0. The molecule has 1 saturated carbocycles. The molecule has 5 nitrogen and oxygen atoms in total. The number of nitrogens with zero attached hydrogens (tertiary/aromatic N) is 1. The minimum Gasteiger partial charge on any atom is -0.490 e. The van der Waals surface area contributed by atoms with Crippen LogP contribution >= 0.6 is 11.3 Å². The summed E-state index contributed by atoms with van der Waals surface area (Å²) in [5.41, 5.74) is 0.546. The van der Waals surface area contributed by atoms with Crippen LogP contribution in [0.5, 0.6) is 5.75 Å². The molecule has 1 atom stereocenters. The van der Waals surface area contributed by atoms with E-state index in [0.29, 0.717) is 12.1 Å². The van der Waals surface area contributed by atoms with E-state index in [1.165, 1.54) is 4.90 Å². The van der Waals surface area contributed by atoms with Crippen LogP contribution in [0, 0.1) is 5.92 Å². The molecular formula is C21H26N2O3S. The van der Waals surface area contributed by atoms with Gasteiger partial charge < -0.3 is 10.1 Å². The van der Waals surface area contributed by atoms with Gasteiger partial charge in [0.15, 0.2) is 0 Å². The van der Waals surface area contributed by atoms with Gasteiger partial charge in [0, 0.05) is 28.2 Å². The number of benzene rings is 1. The Labute approximate surface area is 163 Å². The van der Waals surface area contributed by atoms with E-state index in [0.717, 1.165) is 48.1 Å². The van der Waals surface area contributed by atoms with Gasteiger partial charge in [0.2, 0.25) is 5.91 Å². The lowest BCUT2D eigenvalue weighted by molar-refractivity contribution is -0.133. The molecule has 1 aromatic heterocycles. The number of thiophene rings is 1. The summed E-state index contributed by atoms with van der Waals surface area (Å²) in [5.74, 6) is 0.416. The second kappa shape index (κ2) is 7.60. The second-order valence-electron chi connectivity index (χ2n) is 7.76. The quantitative estimate of drug-likeness (QED) is 0.794. The molecule has 1 aromatic carbocycles. The highest BCUT2D eigenvalue weighted by molar-refractivity contribution is 7.17. The number of hydrogen-bond donors (Lipinski definition) is 1. The van der Waals surface area contributed by atoms with Crippen LogP contribution < -0.4 is 10.1 Å².